The average molecular weight is 306 g/mol. The molecule has 22 heavy (non-hydrogen) atoms. The number of carbonyl (C=O) groups excluding carboxylic acids is 2. The molecular weight excluding hydrogens is 280 g/mol. The summed E-state index contributed by atoms with van der Waals surface area (Å²) in [5.41, 5.74) is 0.390. The first-order valence-electron chi connectivity index (χ1n) is 7.86. The molecule has 0 aliphatic heterocycles. The molecule has 0 spiro atoms. The van der Waals surface area contributed by atoms with Crippen molar-refractivity contribution in [2.24, 2.45) is 0 Å². The third-order valence-corrected chi connectivity index (χ3v) is 3.47. The molecule has 0 fully saturated rings. The first-order valence-corrected chi connectivity index (χ1v) is 7.86. The van der Waals surface area contributed by atoms with E-state index in [2.05, 4.69) is 24.1 Å². The molecule has 0 unspecified atom stereocenters. The Morgan fingerprint density at radius 1 is 1.14 bits per heavy atom. The van der Waals surface area contributed by atoms with Gasteiger partial charge < -0.3 is 15.0 Å². The lowest BCUT2D eigenvalue weighted by Gasteiger charge is -2.17. The lowest BCUT2D eigenvalue weighted by atomic mass is 10.2. The van der Waals surface area contributed by atoms with E-state index in [4.69, 9.17) is 4.74 Å². The fourth-order valence-electron chi connectivity index (χ4n) is 2.20. The van der Waals surface area contributed by atoms with E-state index in [0.29, 0.717) is 17.9 Å². The molecule has 122 valence electrons. The van der Waals surface area contributed by atoms with Crippen molar-refractivity contribution in [3.8, 4) is 5.75 Å². The maximum atomic E-state index is 12.1. The number of hydrogen-bond donors (Lipinski definition) is 1. The van der Waals surface area contributed by atoms with E-state index in [-0.39, 0.29) is 5.91 Å². The van der Waals surface area contributed by atoms with Crippen molar-refractivity contribution in [3.05, 3.63) is 29.8 Å². The lowest BCUT2D eigenvalue weighted by Crippen LogP contribution is -2.27. The summed E-state index contributed by atoms with van der Waals surface area (Å²) >= 11 is 0. The van der Waals surface area contributed by atoms with Crippen molar-refractivity contribution in [1.82, 2.24) is 10.2 Å². The van der Waals surface area contributed by atoms with Crippen LogP contribution in [0.25, 0.3) is 0 Å². The zero-order valence-corrected chi connectivity index (χ0v) is 13.7. The minimum absolute atomic E-state index is 0.209. The zero-order chi connectivity index (χ0) is 16.4. The quantitative estimate of drug-likeness (QED) is 0.432. The Morgan fingerprint density at radius 3 is 2.45 bits per heavy atom. The second-order valence-electron chi connectivity index (χ2n) is 5.08. The molecule has 1 rings (SSSR count). The molecule has 0 bridgehead atoms. The van der Waals surface area contributed by atoms with Gasteiger partial charge in [-0.3, -0.25) is 9.59 Å². The van der Waals surface area contributed by atoms with Crippen molar-refractivity contribution in [2.75, 3.05) is 26.2 Å². The summed E-state index contributed by atoms with van der Waals surface area (Å²) in [5.74, 6) is -0.338. The van der Waals surface area contributed by atoms with E-state index >= 15 is 0 Å². The Bertz CT molecular complexity index is 485. The molecule has 1 aromatic rings. The third-order valence-electron chi connectivity index (χ3n) is 3.47. The van der Waals surface area contributed by atoms with E-state index < -0.39 is 5.97 Å². The lowest BCUT2D eigenvalue weighted by molar-refractivity contribution is -0.131. The molecule has 0 saturated carbocycles. The van der Waals surface area contributed by atoms with Crippen LogP contribution in [0.4, 0.5) is 0 Å². The van der Waals surface area contributed by atoms with Crippen LogP contribution in [0.3, 0.4) is 0 Å². The molecule has 0 aromatic heterocycles. The van der Waals surface area contributed by atoms with Gasteiger partial charge in [0.2, 0.25) is 0 Å². The Hall–Kier alpha value is -1.88. The second kappa shape index (κ2) is 9.95. The monoisotopic (exact) mass is 306 g/mol. The topological polar surface area (TPSA) is 58.6 Å². The molecule has 0 radical (unpaired) electrons. The van der Waals surface area contributed by atoms with Gasteiger partial charge in [0.15, 0.2) is 0 Å². The number of nitrogens with zero attached hydrogens (tertiary/aromatic N) is 1. The number of esters is 1. The Kier molecular flexibility index (Phi) is 8.22. The van der Waals surface area contributed by atoms with Gasteiger partial charge >= 0.3 is 5.97 Å². The number of unbranched alkanes of at least 4 members (excludes halogenated alkanes) is 1. The fourth-order valence-corrected chi connectivity index (χ4v) is 2.20. The van der Waals surface area contributed by atoms with E-state index in [1.54, 1.807) is 24.3 Å². The predicted molar refractivity (Wildman–Crippen MR) is 87.1 cm³/mol. The summed E-state index contributed by atoms with van der Waals surface area (Å²) in [6.45, 7) is 9.40. The number of carbonyl (C=O) groups is 2. The van der Waals surface area contributed by atoms with E-state index in [0.717, 1.165) is 32.5 Å². The summed E-state index contributed by atoms with van der Waals surface area (Å²) in [7, 11) is 0. The van der Waals surface area contributed by atoms with Gasteiger partial charge in [0.25, 0.3) is 5.91 Å². The molecule has 1 aromatic carbocycles. The predicted octanol–water partition coefficient (Wildman–Crippen LogP) is 2.46. The summed E-state index contributed by atoms with van der Waals surface area (Å²) in [4.78, 5) is 25.6. The third kappa shape index (κ3) is 6.26. The first kappa shape index (κ1) is 18.2. The number of rotatable bonds is 9. The first-order chi connectivity index (χ1) is 10.6. The summed E-state index contributed by atoms with van der Waals surface area (Å²) in [6, 6.07) is 6.77. The van der Waals surface area contributed by atoms with Crippen molar-refractivity contribution >= 4 is 11.9 Å². The molecule has 5 nitrogen and oxygen atoms in total. The number of para-hydroxylation sites is 1. The number of nitrogens with one attached hydrogen (secondary N) is 1. The van der Waals surface area contributed by atoms with E-state index in [1.165, 1.54) is 6.92 Å². The van der Waals surface area contributed by atoms with Gasteiger partial charge in [-0.2, -0.15) is 0 Å². The largest absolute Gasteiger partial charge is 0.426 e. The van der Waals surface area contributed by atoms with Gasteiger partial charge in [0, 0.05) is 13.5 Å². The van der Waals surface area contributed by atoms with Gasteiger partial charge in [0.05, 0.1) is 5.56 Å². The highest BCUT2D eigenvalue weighted by Gasteiger charge is 2.12. The number of hydrogen-bond acceptors (Lipinski definition) is 4. The maximum Gasteiger partial charge on any atom is 0.308 e. The number of amides is 1. The summed E-state index contributed by atoms with van der Waals surface area (Å²) in [5, 5.41) is 2.87. The van der Waals surface area contributed by atoms with Gasteiger partial charge in [-0.15, -0.1) is 0 Å². The van der Waals surface area contributed by atoms with Crippen LogP contribution in [0.1, 0.15) is 44.0 Å². The molecule has 0 heterocycles. The van der Waals surface area contributed by atoms with Crippen LogP contribution < -0.4 is 10.1 Å². The molecule has 1 amide bonds. The van der Waals surface area contributed by atoms with Crippen molar-refractivity contribution in [3.63, 3.8) is 0 Å². The molecule has 0 saturated heterocycles. The molecule has 1 N–H and O–H groups in total. The Balaban J connectivity index is 2.41. The van der Waals surface area contributed by atoms with E-state index in [9.17, 15) is 9.59 Å². The van der Waals surface area contributed by atoms with Gasteiger partial charge in [-0.25, -0.2) is 0 Å². The minimum Gasteiger partial charge on any atom is -0.426 e. The van der Waals surface area contributed by atoms with E-state index in [1.807, 2.05) is 0 Å². The molecule has 0 atom stereocenters. The van der Waals surface area contributed by atoms with Gasteiger partial charge in [-0.1, -0.05) is 26.0 Å². The van der Waals surface area contributed by atoms with Crippen LogP contribution >= 0.6 is 0 Å². The Labute approximate surface area is 132 Å². The molecule has 0 aliphatic rings. The number of benzene rings is 1. The SMILES string of the molecule is CCN(CC)CCCCNC(=O)c1ccccc1OC(C)=O. The van der Waals surface area contributed by atoms with Crippen LogP contribution in [0.15, 0.2) is 24.3 Å². The summed E-state index contributed by atoms with van der Waals surface area (Å²) < 4.78 is 5.05. The van der Waals surface area contributed by atoms with Crippen LogP contribution in [-0.2, 0) is 4.79 Å². The normalized spacial score (nSPS) is 10.5. The molecule has 5 heteroatoms. The van der Waals surface area contributed by atoms with Crippen LogP contribution in [-0.4, -0.2) is 43.0 Å². The van der Waals surface area contributed by atoms with Crippen LogP contribution in [0, 0.1) is 0 Å². The van der Waals surface area contributed by atoms with Crippen LogP contribution in [0.2, 0.25) is 0 Å². The smallest absolute Gasteiger partial charge is 0.308 e. The highest BCUT2D eigenvalue weighted by Crippen LogP contribution is 2.17. The molecule has 0 aliphatic carbocycles. The van der Waals surface area contributed by atoms with Crippen molar-refractivity contribution in [2.45, 2.75) is 33.6 Å². The summed E-state index contributed by atoms with van der Waals surface area (Å²) in [6.07, 6.45) is 1.98. The Morgan fingerprint density at radius 2 is 1.82 bits per heavy atom. The van der Waals surface area contributed by atoms with Crippen LogP contribution in [0.5, 0.6) is 5.75 Å². The standard InChI is InChI=1S/C17H26N2O3/c1-4-19(5-2)13-9-8-12-18-17(21)15-10-6-7-11-16(15)22-14(3)20/h6-7,10-11H,4-5,8-9,12-13H2,1-3H3,(H,18,21). The molecular formula is C17H26N2O3. The average Bonchev–Trinajstić information content (AvgIpc) is 2.50. The fraction of sp³-hybridized carbons (Fsp3) is 0.529. The zero-order valence-electron chi connectivity index (χ0n) is 13.7. The highest BCUT2D eigenvalue weighted by molar-refractivity contribution is 5.97. The second-order valence-corrected chi connectivity index (χ2v) is 5.08. The highest BCUT2D eigenvalue weighted by atomic mass is 16.5. The van der Waals surface area contributed by atoms with Gasteiger partial charge in [0.1, 0.15) is 5.75 Å². The number of ether oxygens (including phenoxy) is 1. The van der Waals surface area contributed by atoms with Crippen molar-refractivity contribution < 1.29 is 14.3 Å². The van der Waals surface area contributed by atoms with Crippen molar-refractivity contribution in [1.29, 1.82) is 0 Å². The maximum absolute atomic E-state index is 12.1. The van der Waals surface area contributed by atoms with Gasteiger partial charge in [-0.05, 0) is 44.6 Å². The minimum atomic E-state index is -0.431.